The number of carbonyl (C=O) groups is 1. The molecule has 5 rings (SSSR count). The lowest BCUT2D eigenvalue weighted by atomic mass is 9.93. The van der Waals surface area contributed by atoms with E-state index in [0.29, 0.717) is 17.1 Å². The van der Waals surface area contributed by atoms with E-state index in [4.69, 9.17) is 17.3 Å². The number of nitrogens with two attached hydrogens (primary N) is 1. The number of hydrogen-bond acceptors (Lipinski definition) is 6. The van der Waals surface area contributed by atoms with Gasteiger partial charge in [-0.3, -0.25) is 9.36 Å². The van der Waals surface area contributed by atoms with Gasteiger partial charge in [0.1, 0.15) is 12.7 Å². The molecule has 33 heavy (non-hydrogen) atoms. The Bertz CT molecular complexity index is 1270. The van der Waals surface area contributed by atoms with Gasteiger partial charge < -0.3 is 10.6 Å². The zero-order valence-corrected chi connectivity index (χ0v) is 18.6. The number of carbonyl (C=O) groups excluding carboxylic acids is 1. The van der Waals surface area contributed by atoms with Crippen molar-refractivity contribution in [3.8, 4) is 16.8 Å². The largest absolute Gasteiger partial charge is 0.368 e. The summed E-state index contributed by atoms with van der Waals surface area (Å²) in [5.41, 5.74) is 9.95. The Morgan fingerprint density at radius 3 is 2.64 bits per heavy atom. The van der Waals surface area contributed by atoms with Crippen molar-refractivity contribution < 1.29 is 4.79 Å². The van der Waals surface area contributed by atoms with Gasteiger partial charge in [0, 0.05) is 34.6 Å². The van der Waals surface area contributed by atoms with E-state index in [0.717, 1.165) is 41.8 Å². The number of likely N-dealkylation sites (tertiary alicyclic amines) is 1. The second-order valence-corrected chi connectivity index (χ2v) is 8.40. The van der Waals surface area contributed by atoms with Gasteiger partial charge in [0.05, 0.1) is 11.7 Å². The molecule has 166 valence electrons. The van der Waals surface area contributed by atoms with Gasteiger partial charge in [-0.1, -0.05) is 29.8 Å². The van der Waals surface area contributed by atoms with E-state index in [1.54, 1.807) is 23.4 Å². The smallest absolute Gasteiger partial charge is 0.254 e. The van der Waals surface area contributed by atoms with Crippen LogP contribution in [-0.4, -0.2) is 42.1 Å². The number of piperidine rings is 1. The van der Waals surface area contributed by atoms with Crippen LogP contribution in [0.5, 0.6) is 0 Å². The fraction of sp³-hybridized carbons (Fsp3) is 0.208. The van der Waals surface area contributed by atoms with Crippen LogP contribution in [-0.2, 0) is 0 Å². The van der Waals surface area contributed by atoms with Gasteiger partial charge in [-0.25, -0.2) is 9.97 Å². The lowest BCUT2D eigenvalue weighted by Gasteiger charge is -2.36. The Kier molecular flexibility index (Phi) is 5.75. The minimum absolute atomic E-state index is 0.0473. The molecule has 2 N–H and O–H groups in total. The van der Waals surface area contributed by atoms with Crippen LogP contribution in [0.3, 0.4) is 0 Å². The van der Waals surface area contributed by atoms with Crippen LogP contribution in [0.1, 0.15) is 41.4 Å². The second-order valence-electron chi connectivity index (χ2n) is 7.96. The van der Waals surface area contributed by atoms with E-state index < -0.39 is 0 Å². The van der Waals surface area contributed by atoms with Gasteiger partial charge in [0.2, 0.25) is 5.95 Å². The molecular weight excluding hydrogens is 438 g/mol. The van der Waals surface area contributed by atoms with Crippen LogP contribution in [0.25, 0.3) is 16.8 Å². The van der Waals surface area contributed by atoms with Gasteiger partial charge in [-0.05, 0) is 55.2 Å². The van der Waals surface area contributed by atoms with Crippen molar-refractivity contribution in [2.45, 2.75) is 25.3 Å². The van der Waals surface area contributed by atoms with Gasteiger partial charge in [0.15, 0.2) is 0 Å². The average molecular weight is 460 g/mol. The van der Waals surface area contributed by atoms with E-state index in [1.807, 2.05) is 53.4 Å². The molecule has 0 aliphatic carbocycles. The monoisotopic (exact) mass is 459 g/mol. The van der Waals surface area contributed by atoms with Crippen molar-refractivity contribution in [2.24, 2.45) is 0 Å². The highest BCUT2D eigenvalue weighted by Crippen LogP contribution is 2.37. The molecule has 1 atom stereocenters. The molecular formula is C24H22ClN7O. The summed E-state index contributed by atoms with van der Waals surface area (Å²) in [4.78, 5) is 24.4. The Balaban J connectivity index is 1.53. The number of anilines is 1. The summed E-state index contributed by atoms with van der Waals surface area (Å²) >= 11 is 6.08. The summed E-state index contributed by atoms with van der Waals surface area (Å²) in [6.07, 6.45) is 7.67. The quantitative estimate of drug-likeness (QED) is 0.487. The van der Waals surface area contributed by atoms with Crippen LogP contribution in [0, 0.1) is 0 Å². The van der Waals surface area contributed by atoms with Crippen LogP contribution in [0.2, 0.25) is 5.02 Å². The van der Waals surface area contributed by atoms with Gasteiger partial charge >= 0.3 is 0 Å². The minimum atomic E-state index is -0.208. The maximum absolute atomic E-state index is 13.7. The van der Waals surface area contributed by atoms with Crippen molar-refractivity contribution in [3.63, 3.8) is 0 Å². The lowest BCUT2D eigenvalue weighted by Crippen LogP contribution is -2.39. The van der Waals surface area contributed by atoms with Crippen LogP contribution in [0.4, 0.5) is 5.95 Å². The molecule has 1 fully saturated rings. The molecule has 0 radical (unpaired) electrons. The van der Waals surface area contributed by atoms with Crippen molar-refractivity contribution in [1.29, 1.82) is 0 Å². The highest BCUT2D eigenvalue weighted by Gasteiger charge is 2.32. The normalized spacial score (nSPS) is 16.0. The summed E-state index contributed by atoms with van der Waals surface area (Å²) in [5, 5.41) is 8.35. The topological polar surface area (TPSA) is 103 Å². The maximum atomic E-state index is 13.7. The summed E-state index contributed by atoms with van der Waals surface area (Å²) in [6, 6.07) is 14.8. The predicted molar refractivity (Wildman–Crippen MR) is 126 cm³/mol. The molecule has 0 saturated carbocycles. The molecule has 2 aromatic heterocycles. The fourth-order valence-corrected chi connectivity index (χ4v) is 4.40. The van der Waals surface area contributed by atoms with Crippen molar-refractivity contribution in [1.82, 2.24) is 29.6 Å². The SMILES string of the molecule is Nc1ncc(-c2ccc(Cl)cc2)c(C2CCCCN2C(=O)c2cccc(-n3cnnc3)c2)n1. The zero-order chi connectivity index (χ0) is 22.8. The molecule has 2 aromatic carbocycles. The molecule has 1 aliphatic rings. The van der Waals surface area contributed by atoms with E-state index in [2.05, 4.69) is 20.2 Å². The number of nitrogen functional groups attached to an aromatic ring is 1. The molecule has 9 heteroatoms. The number of amides is 1. The van der Waals surface area contributed by atoms with Crippen molar-refractivity contribution in [2.75, 3.05) is 12.3 Å². The first kappa shape index (κ1) is 21.1. The van der Waals surface area contributed by atoms with E-state index in [9.17, 15) is 4.79 Å². The molecule has 1 saturated heterocycles. The summed E-state index contributed by atoms with van der Waals surface area (Å²) in [7, 11) is 0. The number of rotatable bonds is 4. The van der Waals surface area contributed by atoms with Crippen LogP contribution in [0.15, 0.2) is 67.4 Å². The Morgan fingerprint density at radius 2 is 1.85 bits per heavy atom. The van der Waals surface area contributed by atoms with E-state index in [-0.39, 0.29) is 17.9 Å². The number of aromatic nitrogens is 5. The zero-order valence-electron chi connectivity index (χ0n) is 17.8. The first-order valence-corrected chi connectivity index (χ1v) is 11.1. The highest BCUT2D eigenvalue weighted by atomic mass is 35.5. The third-order valence-corrected chi connectivity index (χ3v) is 6.13. The lowest BCUT2D eigenvalue weighted by molar-refractivity contribution is 0.0607. The van der Waals surface area contributed by atoms with Gasteiger partial charge in [0.25, 0.3) is 5.91 Å². The number of halogens is 1. The minimum Gasteiger partial charge on any atom is -0.368 e. The first-order valence-electron chi connectivity index (χ1n) is 10.7. The number of hydrogen-bond donors (Lipinski definition) is 1. The van der Waals surface area contributed by atoms with Crippen LogP contribution >= 0.6 is 11.6 Å². The van der Waals surface area contributed by atoms with Gasteiger partial charge in [-0.2, -0.15) is 0 Å². The second kappa shape index (κ2) is 8.99. The van der Waals surface area contributed by atoms with E-state index >= 15 is 0 Å². The molecule has 3 heterocycles. The number of benzene rings is 2. The standard InChI is InChI=1S/C24H22ClN7O/c25-18-9-7-16(8-10-18)20-13-27-24(26)30-22(20)21-6-1-2-11-32(21)23(33)17-4-3-5-19(12-17)31-14-28-29-15-31/h3-5,7-10,12-15,21H,1-2,6,11H2,(H2,26,27,30). The Morgan fingerprint density at radius 1 is 1.06 bits per heavy atom. The molecule has 8 nitrogen and oxygen atoms in total. The van der Waals surface area contributed by atoms with Crippen molar-refractivity contribution in [3.05, 3.63) is 83.7 Å². The first-order chi connectivity index (χ1) is 16.1. The highest BCUT2D eigenvalue weighted by molar-refractivity contribution is 6.30. The summed E-state index contributed by atoms with van der Waals surface area (Å²) < 4.78 is 1.77. The van der Waals surface area contributed by atoms with Gasteiger partial charge in [-0.15, -0.1) is 10.2 Å². The molecule has 1 unspecified atom stereocenters. The third kappa shape index (κ3) is 4.29. The fourth-order valence-electron chi connectivity index (χ4n) is 4.27. The van der Waals surface area contributed by atoms with Crippen molar-refractivity contribution >= 4 is 23.5 Å². The molecule has 0 spiro atoms. The third-order valence-electron chi connectivity index (χ3n) is 5.88. The maximum Gasteiger partial charge on any atom is 0.254 e. The van der Waals surface area contributed by atoms with E-state index in [1.165, 1.54) is 0 Å². The molecule has 1 aliphatic heterocycles. The molecule has 1 amide bonds. The Hall–Kier alpha value is -3.78. The molecule has 0 bridgehead atoms. The summed E-state index contributed by atoms with van der Waals surface area (Å²) in [5.74, 6) is 0.143. The summed E-state index contributed by atoms with van der Waals surface area (Å²) in [6.45, 7) is 0.643. The average Bonchev–Trinajstić information content (AvgIpc) is 3.40. The predicted octanol–water partition coefficient (Wildman–Crippen LogP) is 4.33. The van der Waals surface area contributed by atoms with Crippen LogP contribution < -0.4 is 5.73 Å². The molecule has 4 aromatic rings. The Labute approximate surface area is 196 Å². The number of nitrogens with zero attached hydrogens (tertiary/aromatic N) is 6.